The minimum absolute atomic E-state index is 0.101. The van der Waals surface area contributed by atoms with Crippen molar-refractivity contribution in [1.82, 2.24) is 0 Å². The topological polar surface area (TPSA) is 9.23 Å². The van der Waals surface area contributed by atoms with E-state index < -0.39 is 10.1 Å². The van der Waals surface area contributed by atoms with E-state index in [9.17, 15) is 3.89 Å². The molecule has 0 aromatic heterocycles. The van der Waals surface area contributed by atoms with E-state index in [0.29, 0.717) is 5.75 Å². The minimum Gasteiger partial charge on any atom is -0.397 e. The molecule has 0 aliphatic rings. The van der Waals surface area contributed by atoms with Crippen LogP contribution in [-0.4, -0.2) is 0 Å². The molecule has 0 spiro atoms. The van der Waals surface area contributed by atoms with E-state index in [1.54, 1.807) is 12.1 Å². The first-order valence-electron chi connectivity index (χ1n) is 4.26. The highest BCUT2D eigenvalue weighted by molar-refractivity contribution is 8.23. The average molecular weight is 232 g/mol. The van der Waals surface area contributed by atoms with Gasteiger partial charge in [0.15, 0.2) is 0 Å². The molecule has 0 aliphatic heterocycles. The molecule has 0 bridgehead atoms. The van der Waals surface area contributed by atoms with Crippen molar-refractivity contribution < 1.29 is 8.07 Å². The number of benzene rings is 1. The molecule has 1 atom stereocenters. The summed E-state index contributed by atoms with van der Waals surface area (Å²) in [5.41, 5.74) is 1.29. The van der Waals surface area contributed by atoms with Crippen LogP contribution in [-0.2, 0) is 26.7 Å². The molecule has 14 heavy (non-hydrogen) atoms. The number of halogens is 1. The minimum atomic E-state index is -1.91. The van der Waals surface area contributed by atoms with Gasteiger partial charge in [-0.25, -0.2) is 0 Å². The highest BCUT2D eigenvalue weighted by atomic mass is 32.8. The lowest BCUT2D eigenvalue weighted by Crippen LogP contribution is -2.10. The molecule has 1 nitrogen and oxygen atoms in total. The summed E-state index contributed by atoms with van der Waals surface area (Å²) in [4.78, 5) is 0. The molecule has 0 aliphatic carbocycles. The van der Waals surface area contributed by atoms with Gasteiger partial charge in [0.25, 0.3) is 0 Å². The van der Waals surface area contributed by atoms with E-state index in [2.05, 4.69) is 32.0 Å². The standard InChI is InChI=1S/C10H13FOS2/c1-10(2,3)8-4-6-9(7-5-8)12-14(11)13/h4-7H,1-3H3. The van der Waals surface area contributed by atoms with Crippen LogP contribution in [0, 0.1) is 0 Å². The molecular formula is C10H13FOS2. The van der Waals surface area contributed by atoms with E-state index >= 15 is 0 Å². The first-order chi connectivity index (χ1) is 6.39. The van der Waals surface area contributed by atoms with Gasteiger partial charge in [0.05, 0.1) is 0 Å². The zero-order valence-electron chi connectivity index (χ0n) is 8.41. The Morgan fingerprint density at radius 1 is 1.21 bits per heavy atom. The molecular weight excluding hydrogens is 219 g/mol. The Balaban J connectivity index is 2.84. The zero-order valence-corrected chi connectivity index (χ0v) is 10.0. The molecule has 78 valence electrons. The molecule has 0 heterocycles. The molecule has 1 rings (SSSR count). The maximum Gasteiger partial charge on any atom is 0.246 e. The quantitative estimate of drug-likeness (QED) is 0.724. The van der Waals surface area contributed by atoms with Crippen LogP contribution >= 0.6 is 0 Å². The maximum absolute atomic E-state index is 12.3. The number of hydrogen-bond donors (Lipinski definition) is 0. The van der Waals surface area contributed by atoms with Crippen molar-refractivity contribution in [2.45, 2.75) is 26.2 Å². The van der Waals surface area contributed by atoms with E-state index in [1.165, 1.54) is 5.56 Å². The van der Waals surface area contributed by atoms with Crippen LogP contribution in [0.15, 0.2) is 24.3 Å². The predicted octanol–water partition coefficient (Wildman–Crippen LogP) is 3.24. The lowest BCUT2D eigenvalue weighted by Gasteiger charge is -2.18. The van der Waals surface area contributed by atoms with Gasteiger partial charge in [0, 0.05) is 11.2 Å². The Hall–Kier alpha value is -0.480. The Labute approximate surface area is 91.4 Å². The zero-order chi connectivity index (χ0) is 10.8. The van der Waals surface area contributed by atoms with E-state index in [4.69, 9.17) is 4.18 Å². The van der Waals surface area contributed by atoms with Crippen LogP contribution < -0.4 is 4.18 Å². The maximum atomic E-state index is 12.3. The molecule has 0 fully saturated rings. The van der Waals surface area contributed by atoms with Gasteiger partial charge in [-0.2, -0.15) is 0 Å². The van der Waals surface area contributed by atoms with Gasteiger partial charge in [0.2, 0.25) is 10.1 Å². The first kappa shape index (κ1) is 11.6. The lowest BCUT2D eigenvalue weighted by molar-refractivity contribution is 0.581. The van der Waals surface area contributed by atoms with Gasteiger partial charge < -0.3 is 4.18 Å². The molecule has 4 heteroatoms. The third kappa shape index (κ3) is 3.35. The molecule has 0 saturated heterocycles. The summed E-state index contributed by atoms with van der Waals surface area (Å²) < 4.78 is 17.1. The summed E-state index contributed by atoms with van der Waals surface area (Å²) in [7, 11) is -1.91. The largest absolute Gasteiger partial charge is 0.397 e. The number of hydrogen-bond acceptors (Lipinski definition) is 2. The van der Waals surface area contributed by atoms with Crippen molar-refractivity contribution in [2.24, 2.45) is 0 Å². The van der Waals surface area contributed by atoms with Gasteiger partial charge >= 0.3 is 0 Å². The molecule has 0 radical (unpaired) electrons. The van der Waals surface area contributed by atoms with Crippen LogP contribution in [0.5, 0.6) is 5.75 Å². The second-order valence-corrected chi connectivity index (χ2v) is 5.39. The summed E-state index contributed by atoms with van der Waals surface area (Å²) in [5.74, 6) is 0.485. The lowest BCUT2D eigenvalue weighted by atomic mass is 9.87. The third-order valence-electron chi connectivity index (χ3n) is 1.88. The first-order valence-corrected chi connectivity index (χ1v) is 6.24. The summed E-state index contributed by atoms with van der Waals surface area (Å²) in [6.45, 7) is 6.36. The van der Waals surface area contributed by atoms with Crippen LogP contribution in [0.3, 0.4) is 0 Å². The second-order valence-electron chi connectivity index (χ2n) is 4.05. The van der Waals surface area contributed by atoms with Gasteiger partial charge in [-0.1, -0.05) is 32.9 Å². The highest BCUT2D eigenvalue weighted by Gasteiger charge is 2.13. The average Bonchev–Trinajstić information content (AvgIpc) is 2.02. The fourth-order valence-electron chi connectivity index (χ4n) is 1.09. The van der Waals surface area contributed by atoms with Crippen molar-refractivity contribution in [3.05, 3.63) is 29.8 Å². The summed E-state index contributed by atoms with van der Waals surface area (Å²) in [5, 5.41) is 0. The molecule has 0 saturated carbocycles. The van der Waals surface area contributed by atoms with Crippen molar-refractivity contribution in [1.29, 1.82) is 0 Å². The van der Waals surface area contributed by atoms with E-state index in [-0.39, 0.29) is 5.41 Å². The molecule has 1 aromatic carbocycles. The smallest absolute Gasteiger partial charge is 0.246 e. The second kappa shape index (κ2) is 4.36. The van der Waals surface area contributed by atoms with E-state index in [1.807, 2.05) is 12.1 Å². The van der Waals surface area contributed by atoms with Crippen molar-refractivity contribution in [2.75, 3.05) is 0 Å². The summed E-state index contributed by atoms with van der Waals surface area (Å²) in [6.07, 6.45) is 0. The molecule has 1 aromatic rings. The Bertz CT molecular complexity index is 327. The molecule has 0 N–H and O–H groups in total. The monoisotopic (exact) mass is 232 g/mol. The van der Waals surface area contributed by atoms with Gasteiger partial charge in [-0.15, -0.1) is 3.89 Å². The molecule has 0 amide bonds. The normalized spacial score (nSPS) is 13.7. The Morgan fingerprint density at radius 2 is 1.71 bits per heavy atom. The van der Waals surface area contributed by atoms with Crippen LogP contribution in [0.2, 0.25) is 0 Å². The van der Waals surface area contributed by atoms with E-state index in [0.717, 1.165) is 0 Å². The SMILES string of the molecule is CC(C)(C)c1ccc(OS(F)=S)cc1. The van der Waals surface area contributed by atoms with Crippen molar-refractivity contribution in [3.8, 4) is 5.75 Å². The van der Waals surface area contributed by atoms with Crippen LogP contribution in [0.25, 0.3) is 0 Å². The summed E-state index contributed by atoms with van der Waals surface area (Å²) >= 11 is 4.31. The van der Waals surface area contributed by atoms with Crippen molar-refractivity contribution in [3.63, 3.8) is 0 Å². The van der Waals surface area contributed by atoms with Gasteiger partial charge in [0.1, 0.15) is 5.75 Å². The fraction of sp³-hybridized carbons (Fsp3) is 0.400. The molecule has 1 unspecified atom stereocenters. The van der Waals surface area contributed by atoms with Crippen LogP contribution in [0.4, 0.5) is 3.89 Å². The van der Waals surface area contributed by atoms with Gasteiger partial charge in [-0.3, -0.25) is 0 Å². The van der Waals surface area contributed by atoms with Crippen LogP contribution in [0.1, 0.15) is 26.3 Å². The Kier molecular flexibility index (Phi) is 3.61. The summed E-state index contributed by atoms with van der Waals surface area (Å²) in [6, 6.07) is 7.34. The number of rotatable bonds is 2. The van der Waals surface area contributed by atoms with Gasteiger partial charge in [-0.05, 0) is 23.1 Å². The highest BCUT2D eigenvalue weighted by Crippen LogP contribution is 2.24. The fourth-order valence-corrected chi connectivity index (χ4v) is 1.58. The third-order valence-corrected chi connectivity index (χ3v) is 2.41. The van der Waals surface area contributed by atoms with Crippen molar-refractivity contribution >= 4 is 21.3 Å². The predicted molar refractivity (Wildman–Crippen MR) is 61.6 cm³/mol. The Morgan fingerprint density at radius 3 is 2.07 bits per heavy atom.